The normalized spacial score (nSPS) is 19.6. The highest BCUT2D eigenvalue weighted by atomic mass is 35.5. The highest BCUT2D eigenvalue weighted by Crippen LogP contribution is 2.41. The predicted octanol–water partition coefficient (Wildman–Crippen LogP) is 1.47. The SMILES string of the molecule is Clc1ccc(CN2CCNCC2)c2c1OCO2. The number of fused-ring (bicyclic) bond motifs is 1. The second-order valence-electron chi connectivity index (χ2n) is 4.30. The number of benzene rings is 1. The first-order chi connectivity index (χ1) is 8.34. The number of halogens is 1. The fourth-order valence-electron chi connectivity index (χ4n) is 2.25. The zero-order valence-corrected chi connectivity index (χ0v) is 10.3. The molecule has 1 saturated heterocycles. The first-order valence-corrected chi connectivity index (χ1v) is 6.22. The molecule has 0 saturated carbocycles. The number of nitrogens with zero attached hydrogens (tertiary/aromatic N) is 1. The molecule has 0 atom stereocenters. The van der Waals surface area contributed by atoms with E-state index < -0.39 is 0 Å². The van der Waals surface area contributed by atoms with Crippen molar-refractivity contribution in [2.24, 2.45) is 0 Å². The van der Waals surface area contributed by atoms with Crippen molar-refractivity contribution in [2.45, 2.75) is 6.54 Å². The molecule has 4 nitrogen and oxygen atoms in total. The third-order valence-electron chi connectivity index (χ3n) is 3.16. The van der Waals surface area contributed by atoms with E-state index in [0.717, 1.165) is 44.0 Å². The lowest BCUT2D eigenvalue weighted by molar-refractivity contribution is 0.171. The van der Waals surface area contributed by atoms with Crippen LogP contribution in [0.5, 0.6) is 11.5 Å². The average Bonchev–Trinajstić information content (AvgIpc) is 2.84. The van der Waals surface area contributed by atoms with Gasteiger partial charge in [-0.25, -0.2) is 0 Å². The highest BCUT2D eigenvalue weighted by Gasteiger charge is 2.22. The van der Waals surface area contributed by atoms with E-state index in [1.807, 2.05) is 12.1 Å². The lowest BCUT2D eigenvalue weighted by Gasteiger charge is -2.27. The Hall–Kier alpha value is -0.970. The van der Waals surface area contributed by atoms with Gasteiger partial charge in [-0.15, -0.1) is 0 Å². The zero-order valence-electron chi connectivity index (χ0n) is 9.54. The molecule has 0 aliphatic carbocycles. The Morgan fingerprint density at radius 2 is 1.94 bits per heavy atom. The van der Waals surface area contributed by atoms with Crippen molar-refractivity contribution in [1.82, 2.24) is 10.2 Å². The van der Waals surface area contributed by atoms with E-state index in [4.69, 9.17) is 21.1 Å². The lowest BCUT2D eigenvalue weighted by atomic mass is 10.1. The van der Waals surface area contributed by atoms with Crippen LogP contribution >= 0.6 is 11.6 Å². The van der Waals surface area contributed by atoms with Crippen LogP contribution in [0, 0.1) is 0 Å². The Morgan fingerprint density at radius 1 is 1.18 bits per heavy atom. The molecule has 0 aromatic heterocycles. The van der Waals surface area contributed by atoms with Crippen molar-refractivity contribution in [1.29, 1.82) is 0 Å². The third kappa shape index (κ3) is 2.20. The monoisotopic (exact) mass is 254 g/mol. The fourth-order valence-corrected chi connectivity index (χ4v) is 2.46. The second kappa shape index (κ2) is 4.72. The Bertz CT molecular complexity index is 419. The molecule has 1 aromatic carbocycles. The molecule has 1 aromatic rings. The summed E-state index contributed by atoms with van der Waals surface area (Å²) in [5.41, 5.74) is 1.16. The second-order valence-corrected chi connectivity index (χ2v) is 4.70. The van der Waals surface area contributed by atoms with Gasteiger partial charge < -0.3 is 14.8 Å². The molecule has 3 rings (SSSR count). The summed E-state index contributed by atoms with van der Waals surface area (Å²) in [6.07, 6.45) is 0. The van der Waals surface area contributed by atoms with E-state index in [0.29, 0.717) is 10.8 Å². The Kier molecular flexibility index (Phi) is 3.09. The molecule has 92 valence electrons. The first kappa shape index (κ1) is 11.1. The van der Waals surface area contributed by atoms with E-state index in [9.17, 15) is 0 Å². The molecular weight excluding hydrogens is 240 g/mol. The van der Waals surface area contributed by atoms with Crippen molar-refractivity contribution in [3.63, 3.8) is 0 Å². The van der Waals surface area contributed by atoms with Gasteiger partial charge in [-0.3, -0.25) is 4.90 Å². The quantitative estimate of drug-likeness (QED) is 0.867. The van der Waals surface area contributed by atoms with Crippen molar-refractivity contribution >= 4 is 11.6 Å². The molecule has 2 aliphatic rings. The number of hydrogen-bond acceptors (Lipinski definition) is 4. The van der Waals surface area contributed by atoms with Crippen LogP contribution < -0.4 is 14.8 Å². The molecule has 0 spiro atoms. The number of rotatable bonds is 2. The van der Waals surface area contributed by atoms with Crippen LogP contribution in [-0.4, -0.2) is 37.9 Å². The van der Waals surface area contributed by atoms with Crippen LogP contribution in [0.15, 0.2) is 12.1 Å². The number of ether oxygens (including phenoxy) is 2. The molecule has 0 unspecified atom stereocenters. The van der Waals surface area contributed by atoms with Crippen LogP contribution in [0.3, 0.4) is 0 Å². The molecule has 2 heterocycles. The van der Waals surface area contributed by atoms with Gasteiger partial charge in [0.25, 0.3) is 0 Å². The van der Waals surface area contributed by atoms with Crippen LogP contribution in [0.1, 0.15) is 5.56 Å². The molecule has 2 aliphatic heterocycles. The molecule has 17 heavy (non-hydrogen) atoms. The smallest absolute Gasteiger partial charge is 0.231 e. The minimum Gasteiger partial charge on any atom is -0.453 e. The average molecular weight is 255 g/mol. The zero-order chi connectivity index (χ0) is 11.7. The van der Waals surface area contributed by atoms with Crippen molar-refractivity contribution < 1.29 is 9.47 Å². The fraction of sp³-hybridized carbons (Fsp3) is 0.500. The summed E-state index contributed by atoms with van der Waals surface area (Å²) in [5, 5.41) is 3.97. The molecule has 0 bridgehead atoms. The van der Waals surface area contributed by atoms with Gasteiger partial charge >= 0.3 is 0 Å². The van der Waals surface area contributed by atoms with Gasteiger partial charge in [-0.05, 0) is 6.07 Å². The molecule has 1 N–H and O–H groups in total. The molecular formula is C12H15ClN2O2. The topological polar surface area (TPSA) is 33.7 Å². The van der Waals surface area contributed by atoms with Crippen LogP contribution in [0.25, 0.3) is 0 Å². The van der Waals surface area contributed by atoms with Crippen molar-refractivity contribution in [2.75, 3.05) is 33.0 Å². The Labute approximate surface area is 105 Å². The standard InChI is InChI=1S/C12H15ClN2O2/c13-10-2-1-9(11-12(10)17-8-16-11)7-15-5-3-14-4-6-15/h1-2,14H,3-8H2. The summed E-state index contributed by atoms with van der Waals surface area (Å²) in [5.74, 6) is 1.51. The van der Waals surface area contributed by atoms with E-state index in [2.05, 4.69) is 10.2 Å². The van der Waals surface area contributed by atoms with Gasteiger partial charge in [0, 0.05) is 38.3 Å². The minimum absolute atomic E-state index is 0.271. The van der Waals surface area contributed by atoms with Gasteiger partial charge in [0.2, 0.25) is 6.79 Å². The highest BCUT2D eigenvalue weighted by molar-refractivity contribution is 6.32. The summed E-state index contributed by atoms with van der Waals surface area (Å²) in [4.78, 5) is 2.40. The maximum Gasteiger partial charge on any atom is 0.231 e. The molecule has 0 amide bonds. The molecule has 1 fully saturated rings. The van der Waals surface area contributed by atoms with Gasteiger partial charge in [0.1, 0.15) is 0 Å². The number of piperazine rings is 1. The van der Waals surface area contributed by atoms with Crippen molar-refractivity contribution in [3.05, 3.63) is 22.7 Å². The Balaban J connectivity index is 1.81. The lowest BCUT2D eigenvalue weighted by Crippen LogP contribution is -2.42. The van der Waals surface area contributed by atoms with E-state index >= 15 is 0 Å². The summed E-state index contributed by atoms with van der Waals surface area (Å²) < 4.78 is 10.9. The summed E-state index contributed by atoms with van der Waals surface area (Å²) in [7, 11) is 0. The summed E-state index contributed by atoms with van der Waals surface area (Å²) >= 11 is 6.06. The number of nitrogens with one attached hydrogen (secondary N) is 1. The largest absolute Gasteiger partial charge is 0.453 e. The van der Waals surface area contributed by atoms with Crippen LogP contribution in [-0.2, 0) is 6.54 Å². The minimum atomic E-state index is 0.271. The summed E-state index contributed by atoms with van der Waals surface area (Å²) in [6, 6.07) is 3.91. The van der Waals surface area contributed by atoms with Crippen LogP contribution in [0.4, 0.5) is 0 Å². The first-order valence-electron chi connectivity index (χ1n) is 5.84. The predicted molar refractivity (Wildman–Crippen MR) is 65.7 cm³/mol. The van der Waals surface area contributed by atoms with Crippen molar-refractivity contribution in [3.8, 4) is 11.5 Å². The van der Waals surface area contributed by atoms with E-state index in [1.165, 1.54) is 0 Å². The van der Waals surface area contributed by atoms with Crippen LogP contribution in [0.2, 0.25) is 5.02 Å². The van der Waals surface area contributed by atoms with E-state index in [1.54, 1.807) is 0 Å². The molecule has 0 radical (unpaired) electrons. The van der Waals surface area contributed by atoms with Gasteiger partial charge in [0.05, 0.1) is 5.02 Å². The van der Waals surface area contributed by atoms with Gasteiger partial charge in [-0.2, -0.15) is 0 Å². The summed E-state index contributed by atoms with van der Waals surface area (Å²) in [6.45, 7) is 5.40. The third-order valence-corrected chi connectivity index (χ3v) is 3.45. The Morgan fingerprint density at radius 3 is 2.76 bits per heavy atom. The van der Waals surface area contributed by atoms with Gasteiger partial charge in [0.15, 0.2) is 11.5 Å². The number of hydrogen-bond donors (Lipinski definition) is 1. The maximum absolute atomic E-state index is 6.06. The maximum atomic E-state index is 6.06. The molecule has 5 heteroatoms. The van der Waals surface area contributed by atoms with E-state index in [-0.39, 0.29) is 6.79 Å². The van der Waals surface area contributed by atoms with Gasteiger partial charge in [-0.1, -0.05) is 17.7 Å².